The maximum Gasteiger partial charge on any atom is 0.418 e. The van der Waals surface area contributed by atoms with Crippen LogP contribution in [0, 0.1) is 0 Å². The first-order valence-corrected chi connectivity index (χ1v) is 8.50. The first kappa shape index (κ1) is 18.9. The van der Waals surface area contributed by atoms with E-state index in [0.29, 0.717) is 37.6 Å². The van der Waals surface area contributed by atoms with Crippen molar-refractivity contribution in [2.75, 3.05) is 43.5 Å². The van der Waals surface area contributed by atoms with Crippen LogP contribution < -0.4 is 15.0 Å². The van der Waals surface area contributed by atoms with E-state index in [1.54, 1.807) is 40.1 Å². The van der Waals surface area contributed by atoms with Crippen molar-refractivity contribution in [2.45, 2.75) is 6.18 Å². The van der Waals surface area contributed by atoms with Crippen molar-refractivity contribution < 1.29 is 22.7 Å². The number of carbonyl (C=O) groups excluding carboxylic acids is 1. The molecule has 0 aliphatic carbocycles. The van der Waals surface area contributed by atoms with Gasteiger partial charge in [-0.3, -0.25) is 0 Å². The van der Waals surface area contributed by atoms with Crippen molar-refractivity contribution in [3.05, 3.63) is 54.1 Å². The highest BCUT2D eigenvalue weighted by Gasteiger charge is 2.35. The molecule has 0 bridgehead atoms. The van der Waals surface area contributed by atoms with Gasteiger partial charge < -0.3 is 19.9 Å². The minimum absolute atomic E-state index is 0.148. The molecule has 0 unspecified atom stereocenters. The summed E-state index contributed by atoms with van der Waals surface area (Å²) in [6, 6.07) is 12.3. The average molecular weight is 379 g/mol. The lowest BCUT2D eigenvalue weighted by Crippen LogP contribution is -2.50. The zero-order valence-electron chi connectivity index (χ0n) is 14.8. The Morgan fingerprint density at radius 1 is 1.00 bits per heavy atom. The van der Waals surface area contributed by atoms with Gasteiger partial charge in [0.25, 0.3) is 0 Å². The normalized spacial score (nSPS) is 14.8. The second-order valence-corrected chi connectivity index (χ2v) is 6.12. The molecule has 27 heavy (non-hydrogen) atoms. The van der Waals surface area contributed by atoms with Gasteiger partial charge in [0, 0.05) is 31.9 Å². The second kappa shape index (κ2) is 7.77. The van der Waals surface area contributed by atoms with E-state index in [1.165, 1.54) is 19.2 Å². The molecule has 8 heteroatoms. The predicted molar refractivity (Wildman–Crippen MR) is 97.2 cm³/mol. The first-order valence-electron chi connectivity index (χ1n) is 8.50. The average Bonchev–Trinajstić information content (AvgIpc) is 2.68. The van der Waals surface area contributed by atoms with Crippen LogP contribution in [0.5, 0.6) is 5.75 Å². The van der Waals surface area contributed by atoms with E-state index in [-0.39, 0.29) is 11.7 Å². The number of hydrogen-bond donors (Lipinski definition) is 1. The Balaban J connectivity index is 1.65. The number of nitrogens with zero attached hydrogens (tertiary/aromatic N) is 2. The van der Waals surface area contributed by atoms with E-state index in [4.69, 9.17) is 4.74 Å². The number of methoxy groups -OCH3 is 1. The molecule has 0 aromatic heterocycles. The number of hydrogen-bond acceptors (Lipinski definition) is 3. The van der Waals surface area contributed by atoms with Crippen molar-refractivity contribution in [1.82, 2.24) is 4.90 Å². The number of anilines is 2. The molecule has 2 aromatic carbocycles. The van der Waals surface area contributed by atoms with E-state index in [1.807, 2.05) is 0 Å². The molecule has 1 N–H and O–H groups in total. The summed E-state index contributed by atoms with van der Waals surface area (Å²) >= 11 is 0. The number of ether oxygens (including phenoxy) is 1. The van der Waals surface area contributed by atoms with Crippen molar-refractivity contribution in [2.24, 2.45) is 0 Å². The van der Waals surface area contributed by atoms with Gasteiger partial charge in [0.15, 0.2) is 0 Å². The van der Waals surface area contributed by atoms with Gasteiger partial charge in [0.2, 0.25) is 0 Å². The third-order valence-corrected chi connectivity index (χ3v) is 4.47. The molecule has 1 aliphatic rings. The summed E-state index contributed by atoms with van der Waals surface area (Å²) in [5.41, 5.74) is 0.0431. The van der Waals surface area contributed by atoms with Gasteiger partial charge in [-0.2, -0.15) is 13.2 Å². The van der Waals surface area contributed by atoms with Crippen molar-refractivity contribution in [3.8, 4) is 5.75 Å². The topological polar surface area (TPSA) is 44.8 Å². The fourth-order valence-corrected chi connectivity index (χ4v) is 3.08. The van der Waals surface area contributed by atoms with Crippen LogP contribution in [-0.2, 0) is 6.18 Å². The van der Waals surface area contributed by atoms with E-state index in [9.17, 15) is 18.0 Å². The Bertz CT molecular complexity index is 803. The Morgan fingerprint density at radius 3 is 2.30 bits per heavy atom. The number of rotatable bonds is 3. The monoisotopic (exact) mass is 379 g/mol. The summed E-state index contributed by atoms with van der Waals surface area (Å²) in [4.78, 5) is 15.7. The Kier molecular flexibility index (Phi) is 5.43. The van der Waals surface area contributed by atoms with E-state index >= 15 is 0 Å². The smallest absolute Gasteiger partial charge is 0.418 e. The van der Waals surface area contributed by atoms with Gasteiger partial charge in [-0.15, -0.1) is 0 Å². The molecule has 1 saturated heterocycles. The number of amides is 2. The SMILES string of the molecule is COc1ccccc1NC(=O)N1CCN(c2ccccc2C(F)(F)F)CC1. The molecule has 0 atom stereocenters. The predicted octanol–water partition coefficient (Wildman–Crippen LogP) is 4.07. The van der Waals surface area contributed by atoms with Crippen LogP contribution in [0.2, 0.25) is 0 Å². The summed E-state index contributed by atoms with van der Waals surface area (Å²) < 4.78 is 44.8. The van der Waals surface area contributed by atoms with E-state index in [0.717, 1.165) is 6.07 Å². The van der Waals surface area contributed by atoms with Crippen LogP contribution in [0.15, 0.2) is 48.5 Å². The lowest BCUT2D eigenvalue weighted by molar-refractivity contribution is -0.137. The Morgan fingerprint density at radius 2 is 1.63 bits per heavy atom. The van der Waals surface area contributed by atoms with Gasteiger partial charge in [-0.25, -0.2) is 4.79 Å². The van der Waals surface area contributed by atoms with E-state index < -0.39 is 11.7 Å². The van der Waals surface area contributed by atoms with Crippen LogP contribution in [0.3, 0.4) is 0 Å². The molecule has 144 valence electrons. The fraction of sp³-hybridized carbons (Fsp3) is 0.316. The summed E-state index contributed by atoms with van der Waals surface area (Å²) in [6.07, 6.45) is -4.41. The number of carbonyl (C=O) groups is 1. The number of nitrogens with one attached hydrogen (secondary N) is 1. The van der Waals surface area contributed by atoms with Crippen molar-refractivity contribution in [1.29, 1.82) is 0 Å². The van der Waals surface area contributed by atoms with Gasteiger partial charge in [0.05, 0.1) is 18.4 Å². The lowest BCUT2D eigenvalue weighted by Gasteiger charge is -2.37. The first-order chi connectivity index (χ1) is 12.9. The second-order valence-electron chi connectivity index (χ2n) is 6.12. The van der Waals surface area contributed by atoms with Crippen LogP contribution in [-0.4, -0.2) is 44.2 Å². The van der Waals surface area contributed by atoms with Gasteiger partial charge in [-0.05, 0) is 24.3 Å². The lowest BCUT2D eigenvalue weighted by atomic mass is 10.1. The number of piperazine rings is 1. The molecule has 1 aliphatic heterocycles. The zero-order valence-corrected chi connectivity index (χ0v) is 14.8. The molecule has 3 rings (SSSR count). The minimum atomic E-state index is -4.41. The van der Waals surface area contributed by atoms with Gasteiger partial charge >= 0.3 is 12.2 Å². The maximum atomic E-state index is 13.2. The van der Waals surface area contributed by atoms with Crippen LogP contribution >= 0.6 is 0 Å². The van der Waals surface area contributed by atoms with Gasteiger partial charge in [-0.1, -0.05) is 24.3 Å². The molecule has 0 spiro atoms. The Labute approximate surface area is 155 Å². The molecule has 0 radical (unpaired) electrons. The summed E-state index contributed by atoms with van der Waals surface area (Å²) in [7, 11) is 1.52. The molecule has 0 saturated carbocycles. The zero-order chi connectivity index (χ0) is 19.4. The van der Waals surface area contributed by atoms with E-state index in [2.05, 4.69) is 5.32 Å². The highest BCUT2D eigenvalue weighted by Crippen LogP contribution is 2.36. The number of para-hydroxylation sites is 3. The number of alkyl halides is 3. The van der Waals surface area contributed by atoms with Crippen molar-refractivity contribution in [3.63, 3.8) is 0 Å². The summed E-state index contributed by atoms with van der Waals surface area (Å²) in [5, 5.41) is 2.78. The van der Waals surface area contributed by atoms with Crippen LogP contribution in [0.1, 0.15) is 5.56 Å². The fourth-order valence-electron chi connectivity index (χ4n) is 3.08. The van der Waals surface area contributed by atoms with Crippen molar-refractivity contribution >= 4 is 17.4 Å². The standard InChI is InChI=1S/C19H20F3N3O2/c1-27-17-9-5-3-7-15(17)23-18(26)25-12-10-24(11-13-25)16-8-4-2-6-14(16)19(20,21)22/h2-9H,10-13H2,1H3,(H,23,26). The minimum Gasteiger partial charge on any atom is -0.495 e. The highest BCUT2D eigenvalue weighted by molar-refractivity contribution is 5.91. The largest absolute Gasteiger partial charge is 0.495 e. The Hall–Kier alpha value is -2.90. The van der Waals surface area contributed by atoms with Crippen LogP contribution in [0.25, 0.3) is 0 Å². The third-order valence-electron chi connectivity index (χ3n) is 4.47. The molecule has 2 amide bonds. The highest BCUT2D eigenvalue weighted by atomic mass is 19.4. The summed E-state index contributed by atoms with van der Waals surface area (Å²) in [6.45, 7) is 1.30. The number of urea groups is 1. The molecule has 2 aromatic rings. The molecule has 1 fully saturated rings. The molecule has 5 nitrogen and oxygen atoms in total. The molecular weight excluding hydrogens is 359 g/mol. The van der Waals surface area contributed by atoms with Crippen LogP contribution in [0.4, 0.5) is 29.3 Å². The molecular formula is C19H20F3N3O2. The maximum absolute atomic E-state index is 13.2. The summed E-state index contributed by atoms with van der Waals surface area (Å²) in [5.74, 6) is 0.545. The number of benzene rings is 2. The quantitative estimate of drug-likeness (QED) is 0.875. The molecule has 1 heterocycles. The third kappa shape index (κ3) is 4.27. The van der Waals surface area contributed by atoms with Gasteiger partial charge in [0.1, 0.15) is 5.75 Å². The number of halogens is 3.